The third-order valence-corrected chi connectivity index (χ3v) is 2.52. The van der Waals surface area contributed by atoms with Crippen molar-refractivity contribution in [2.45, 2.75) is 20.3 Å². The zero-order valence-corrected chi connectivity index (χ0v) is 8.54. The van der Waals surface area contributed by atoms with Gasteiger partial charge in [-0.25, -0.2) is 4.98 Å². The van der Waals surface area contributed by atoms with E-state index in [1.54, 1.807) is 0 Å². The van der Waals surface area contributed by atoms with Gasteiger partial charge in [0, 0.05) is 5.39 Å². The number of nitrogens with two attached hydrogens (primary N) is 1. The number of benzene rings is 1. The highest BCUT2D eigenvalue weighted by atomic mass is 14.8. The SMILES string of the molecule is CCc1ccc2cc(C)c(N)nc2c1. The topological polar surface area (TPSA) is 38.9 Å². The third kappa shape index (κ3) is 1.43. The van der Waals surface area contributed by atoms with E-state index >= 15 is 0 Å². The zero-order valence-electron chi connectivity index (χ0n) is 8.54. The number of aromatic nitrogens is 1. The lowest BCUT2D eigenvalue weighted by atomic mass is 10.1. The second kappa shape index (κ2) is 3.29. The van der Waals surface area contributed by atoms with Gasteiger partial charge in [0.15, 0.2) is 0 Å². The molecular weight excluding hydrogens is 172 g/mol. The summed E-state index contributed by atoms with van der Waals surface area (Å²) in [7, 11) is 0. The molecule has 0 bridgehead atoms. The van der Waals surface area contributed by atoms with E-state index in [0.717, 1.165) is 22.9 Å². The van der Waals surface area contributed by atoms with Crippen molar-refractivity contribution < 1.29 is 0 Å². The number of hydrogen-bond acceptors (Lipinski definition) is 2. The smallest absolute Gasteiger partial charge is 0.127 e. The molecule has 0 amide bonds. The molecule has 0 radical (unpaired) electrons. The fourth-order valence-corrected chi connectivity index (χ4v) is 1.55. The molecule has 0 aliphatic rings. The van der Waals surface area contributed by atoms with Gasteiger partial charge in [-0.3, -0.25) is 0 Å². The van der Waals surface area contributed by atoms with Gasteiger partial charge < -0.3 is 5.73 Å². The molecule has 2 nitrogen and oxygen atoms in total. The van der Waals surface area contributed by atoms with Crippen molar-refractivity contribution in [3.63, 3.8) is 0 Å². The molecule has 2 N–H and O–H groups in total. The Hall–Kier alpha value is -1.57. The molecule has 0 aliphatic heterocycles. The molecule has 2 aromatic rings. The summed E-state index contributed by atoms with van der Waals surface area (Å²) in [4.78, 5) is 4.36. The van der Waals surface area contributed by atoms with Crippen LogP contribution >= 0.6 is 0 Å². The first-order valence-corrected chi connectivity index (χ1v) is 4.86. The van der Waals surface area contributed by atoms with E-state index in [9.17, 15) is 0 Å². The van der Waals surface area contributed by atoms with Crippen molar-refractivity contribution in [3.8, 4) is 0 Å². The third-order valence-electron chi connectivity index (χ3n) is 2.52. The van der Waals surface area contributed by atoms with Crippen LogP contribution in [0, 0.1) is 6.92 Å². The van der Waals surface area contributed by atoms with Crippen LogP contribution in [0.5, 0.6) is 0 Å². The Labute approximate surface area is 83.8 Å². The summed E-state index contributed by atoms with van der Waals surface area (Å²) in [5.41, 5.74) is 9.10. The van der Waals surface area contributed by atoms with Crippen molar-refractivity contribution in [2.24, 2.45) is 0 Å². The largest absolute Gasteiger partial charge is 0.383 e. The van der Waals surface area contributed by atoms with Crippen LogP contribution in [0.15, 0.2) is 24.3 Å². The number of nitrogen functional groups attached to an aromatic ring is 1. The van der Waals surface area contributed by atoms with Crippen LogP contribution in [0.1, 0.15) is 18.1 Å². The van der Waals surface area contributed by atoms with E-state index in [4.69, 9.17) is 5.73 Å². The number of aryl methyl sites for hydroxylation is 2. The van der Waals surface area contributed by atoms with Crippen LogP contribution in [-0.2, 0) is 6.42 Å². The zero-order chi connectivity index (χ0) is 10.1. The molecule has 0 saturated heterocycles. The minimum atomic E-state index is 0.630. The quantitative estimate of drug-likeness (QED) is 0.743. The average molecular weight is 186 g/mol. The lowest BCUT2D eigenvalue weighted by Crippen LogP contribution is -1.94. The first-order valence-electron chi connectivity index (χ1n) is 4.86. The average Bonchev–Trinajstić information content (AvgIpc) is 2.19. The lowest BCUT2D eigenvalue weighted by Gasteiger charge is -2.04. The van der Waals surface area contributed by atoms with Crippen LogP contribution in [0.25, 0.3) is 10.9 Å². The van der Waals surface area contributed by atoms with Crippen LogP contribution in [0.2, 0.25) is 0 Å². The highest BCUT2D eigenvalue weighted by Gasteiger charge is 2.00. The van der Waals surface area contributed by atoms with Gasteiger partial charge in [-0.05, 0) is 36.6 Å². The van der Waals surface area contributed by atoms with E-state index in [2.05, 4.69) is 36.2 Å². The molecule has 0 unspecified atom stereocenters. The summed E-state index contributed by atoms with van der Waals surface area (Å²) in [5.74, 6) is 0.630. The number of rotatable bonds is 1. The minimum absolute atomic E-state index is 0.630. The number of anilines is 1. The summed E-state index contributed by atoms with van der Waals surface area (Å²) in [6.45, 7) is 4.12. The molecule has 72 valence electrons. The van der Waals surface area contributed by atoms with Crippen LogP contribution < -0.4 is 5.73 Å². The monoisotopic (exact) mass is 186 g/mol. The van der Waals surface area contributed by atoms with Crippen molar-refractivity contribution in [3.05, 3.63) is 35.4 Å². The van der Waals surface area contributed by atoms with Crippen LogP contribution in [0.3, 0.4) is 0 Å². The van der Waals surface area contributed by atoms with Crippen molar-refractivity contribution >= 4 is 16.7 Å². The van der Waals surface area contributed by atoms with E-state index in [-0.39, 0.29) is 0 Å². The van der Waals surface area contributed by atoms with Gasteiger partial charge in [0.1, 0.15) is 5.82 Å². The summed E-state index contributed by atoms with van der Waals surface area (Å²) >= 11 is 0. The molecule has 0 atom stereocenters. The van der Waals surface area contributed by atoms with Gasteiger partial charge >= 0.3 is 0 Å². The first-order chi connectivity index (χ1) is 6.70. The number of pyridine rings is 1. The summed E-state index contributed by atoms with van der Waals surface area (Å²) in [6.07, 6.45) is 1.03. The normalized spacial score (nSPS) is 10.7. The molecule has 1 aromatic carbocycles. The second-order valence-electron chi connectivity index (χ2n) is 3.57. The molecule has 2 heteroatoms. The highest BCUT2D eigenvalue weighted by Crippen LogP contribution is 2.19. The van der Waals surface area contributed by atoms with E-state index in [1.165, 1.54) is 5.56 Å². The Morgan fingerprint density at radius 3 is 2.79 bits per heavy atom. The van der Waals surface area contributed by atoms with Gasteiger partial charge in [-0.2, -0.15) is 0 Å². The molecular formula is C12H14N2. The Morgan fingerprint density at radius 1 is 1.29 bits per heavy atom. The molecule has 2 rings (SSSR count). The Morgan fingerprint density at radius 2 is 2.07 bits per heavy atom. The van der Waals surface area contributed by atoms with E-state index in [1.807, 2.05) is 6.92 Å². The molecule has 0 aliphatic carbocycles. The Kier molecular flexibility index (Phi) is 2.12. The van der Waals surface area contributed by atoms with Gasteiger partial charge in [-0.15, -0.1) is 0 Å². The van der Waals surface area contributed by atoms with Gasteiger partial charge in [0.2, 0.25) is 0 Å². The number of hydrogen-bond donors (Lipinski definition) is 1. The highest BCUT2D eigenvalue weighted by molar-refractivity contribution is 5.81. The fourth-order valence-electron chi connectivity index (χ4n) is 1.55. The molecule has 0 saturated carbocycles. The Bertz CT molecular complexity index is 475. The predicted molar refractivity (Wildman–Crippen MR) is 60.3 cm³/mol. The standard InChI is InChI=1S/C12H14N2/c1-3-9-4-5-10-6-8(2)12(13)14-11(10)7-9/h4-7H,3H2,1-2H3,(H2,13,14). The molecule has 1 aromatic heterocycles. The predicted octanol–water partition coefficient (Wildman–Crippen LogP) is 2.69. The first kappa shape index (κ1) is 9.00. The van der Waals surface area contributed by atoms with Crippen molar-refractivity contribution in [1.82, 2.24) is 4.98 Å². The van der Waals surface area contributed by atoms with Gasteiger partial charge in [0.05, 0.1) is 5.52 Å². The summed E-state index contributed by atoms with van der Waals surface area (Å²) in [5, 5.41) is 1.16. The fraction of sp³-hybridized carbons (Fsp3) is 0.250. The van der Waals surface area contributed by atoms with Crippen LogP contribution in [-0.4, -0.2) is 4.98 Å². The maximum Gasteiger partial charge on any atom is 0.127 e. The van der Waals surface area contributed by atoms with E-state index in [0.29, 0.717) is 5.82 Å². The molecule has 0 spiro atoms. The summed E-state index contributed by atoms with van der Waals surface area (Å²) in [6, 6.07) is 8.43. The van der Waals surface area contributed by atoms with Gasteiger partial charge in [-0.1, -0.05) is 19.1 Å². The minimum Gasteiger partial charge on any atom is -0.383 e. The maximum absolute atomic E-state index is 5.77. The summed E-state index contributed by atoms with van der Waals surface area (Å²) < 4.78 is 0. The van der Waals surface area contributed by atoms with E-state index < -0.39 is 0 Å². The van der Waals surface area contributed by atoms with Gasteiger partial charge in [0.25, 0.3) is 0 Å². The molecule has 1 heterocycles. The van der Waals surface area contributed by atoms with Crippen molar-refractivity contribution in [1.29, 1.82) is 0 Å². The van der Waals surface area contributed by atoms with Crippen molar-refractivity contribution in [2.75, 3.05) is 5.73 Å². The second-order valence-corrected chi connectivity index (χ2v) is 3.57. The number of nitrogens with zero attached hydrogens (tertiary/aromatic N) is 1. The van der Waals surface area contributed by atoms with Crippen LogP contribution in [0.4, 0.5) is 5.82 Å². The lowest BCUT2D eigenvalue weighted by molar-refractivity contribution is 1.14. The maximum atomic E-state index is 5.77. The number of fused-ring (bicyclic) bond motifs is 1. The molecule has 0 fully saturated rings. The molecule has 14 heavy (non-hydrogen) atoms. The Balaban J connectivity index is 2.70.